The Labute approximate surface area is 74.8 Å². The van der Waals surface area contributed by atoms with Crippen molar-refractivity contribution in [1.82, 2.24) is 9.78 Å². The topological polar surface area (TPSA) is 43.8 Å². The molecule has 4 heteroatoms. The van der Waals surface area contributed by atoms with Gasteiger partial charge in [-0.1, -0.05) is 0 Å². The third kappa shape index (κ3) is 1.04. The quantitative estimate of drug-likeness (QED) is 0.755. The van der Waals surface area contributed by atoms with Crippen molar-refractivity contribution in [2.45, 2.75) is 6.42 Å². The van der Waals surface area contributed by atoms with E-state index in [2.05, 4.69) is 16.5 Å². The first-order chi connectivity index (χ1) is 5.83. The van der Waals surface area contributed by atoms with Crippen LogP contribution in [0.3, 0.4) is 0 Å². The Hall–Kier alpha value is -0.870. The van der Waals surface area contributed by atoms with Gasteiger partial charge in [-0.15, -0.1) is 11.3 Å². The first kappa shape index (κ1) is 7.76. The van der Waals surface area contributed by atoms with Gasteiger partial charge in [0.1, 0.15) is 0 Å². The Bertz CT molecular complexity index is 388. The molecule has 0 radical (unpaired) electrons. The SMILES string of the molecule is Cn1nc(CCN)c2sccc21. The summed E-state index contributed by atoms with van der Waals surface area (Å²) in [6.07, 6.45) is 0.873. The predicted molar refractivity (Wildman–Crippen MR) is 51.3 cm³/mol. The molecule has 2 aromatic heterocycles. The smallest absolute Gasteiger partial charge is 0.0815 e. The Balaban J connectivity index is 2.59. The second-order valence-corrected chi connectivity index (χ2v) is 3.66. The van der Waals surface area contributed by atoms with Gasteiger partial charge in [0.15, 0.2) is 0 Å². The van der Waals surface area contributed by atoms with Crippen molar-refractivity contribution in [3.05, 3.63) is 17.1 Å². The zero-order valence-electron chi connectivity index (χ0n) is 6.95. The van der Waals surface area contributed by atoms with Gasteiger partial charge in [0.05, 0.1) is 15.9 Å². The average Bonchev–Trinajstić information content (AvgIpc) is 2.58. The summed E-state index contributed by atoms with van der Waals surface area (Å²) in [7, 11) is 1.97. The zero-order chi connectivity index (χ0) is 8.55. The van der Waals surface area contributed by atoms with Gasteiger partial charge < -0.3 is 5.73 Å². The number of rotatable bonds is 2. The van der Waals surface area contributed by atoms with E-state index in [-0.39, 0.29) is 0 Å². The fourth-order valence-electron chi connectivity index (χ4n) is 1.35. The maximum absolute atomic E-state index is 5.48. The molecule has 2 aromatic rings. The molecule has 3 nitrogen and oxygen atoms in total. The molecule has 0 fully saturated rings. The minimum absolute atomic E-state index is 0.671. The molecule has 2 N–H and O–H groups in total. The molecule has 0 saturated heterocycles. The molecule has 2 rings (SSSR count). The van der Waals surface area contributed by atoms with E-state index in [0.717, 1.165) is 12.1 Å². The Morgan fingerprint density at radius 3 is 3.25 bits per heavy atom. The highest BCUT2D eigenvalue weighted by atomic mass is 32.1. The largest absolute Gasteiger partial charge is 0.330 e. The van der Waals surface area contributed by atoms with E-state index in [4.69, 9.17) is 5.73 Å². The second-order valence-electron chi connectivity index (χ2n) is 2.74. The molecule has 12 heavy (non-hydrogen) atoms. The van der Waals surface area contributed by atoms with E-state index in [1.165, 1.54) is 10.2 Å². The van der Waals surface area contributed by atoms with Crippen molar-refractivity contribution in [2.75, 3.05) is 6.54 Å². The first-order valence-corrected chi connectivity index (χ1v) is 4.80. The van der Waals surface area contributed by atoms with Crippen LogP contribution in [0.4, 0.5) is 0 Å². The number of aromatic nitrogens is 2. The molecule has 0 spiro atoms. The fourth-order valence-corrected chi connectivity index (χ4v) is 2.29. The summed E-state index contributed by atoms with van der Waals surface area (Å²) < 4.78 is 3.19. The second kappa shape index (κ2) is 2.88. The Kier molecular flexibility index (Phi) is 1.86. The van der Waals surface area contributed by atoms with E-state index in [1.807, 2.05) is 11.7 Å². The van der Waals surface area contributed by atoms with Gasteiger partial charge in [-0.05, 0) is 18.0 Å². The lowest BCUT2D eigenvalue weighted by atomic mass is 10.3. The van der Waals surface area contributed by atoms with Crippen LogP contribution in [0.1, 0.15) is 5.69 Å². The van der Waals surface area contributed by atoms with Gasteiger partial charge >= 0.3 is 0 Å². The van der Waals surface area contributed by atoms with E-state index < -0.39 is 0 Å². The number of nitrogens with zero attached hydrogens (tertiary/aromatic N) is 2. The van der Waals surface area contributed by atoms with Crippen molar-refractivity contribution in [2.24, 2.45) is 12.8 Å². The number of hydrogen-bond donors (Lipinski definition) is 1. The van der Waals surface area contributed by atoms with Crippen LogP contribution >= 0.6 is 11.3 Å². The highest BCUT2D eigenvalue weighted by Gasteiger charge is 2.07. The lowest BCUT2D eigenvalue weighted by Gasteiger charge is -1.89. The minimum Gasteiger partial charge on any atom is -0.330 e. The summed E-state index contributed by atoms with van der Waals surface area (Å²) in [5.74, 6) is 0. The molecule has 0 aliphatic heterocycles. The van der Waals surface area contributed by atoms with Gasteiger partial charge in [-0.3, -0.25) is 4.68 Å². The maximum Gasteiger partial charge on any atom is 0.0815 e. The van der Waals surface area contributed by atoms with Crippen LogP contribution in [-0.4, -0.2) is 16.3 Å². The highest BCUT2D eigenvalue weighted by Crippen LogP contribution is 2.23. The van der Waals surface area contributed by atoms with E-state index >= 15 is 0 Å². The summed E-state index contributed by atoms with van der Waals surface area (Å²) in [6.45, 7) is 0.671. The molecule has 0 bridgehead atoms. The third-order valence-electron chi connectivity index (χ3n) is 1.91. The number of thiophene rings is 1. The average molecular weight is 181 g/mol. The fraction of sp³-hybridized carbons (Fsp3) is 0.375. The predicted octanol–water partition coefficient (Wildman–Crippen LogP) is 1.14. The van der Waals surface area contributed by atoms with Crippen LogP contribution < -0.4 is 5.73 Å². The molecule has 0 aliphatic rings. The van der Waals surface area contributed by atoms with Crippen LogP contribution in [0.25, 0.3) is 10.2 Å². The Morgan fingerprint density at radius 1 is 1.67 bits per heavy atom. The van der Waals surface area contributed by atoms with Crippen LogP contribution in [0.15, 0.2) is 11.4 Å². The van der Waals surface area contributed by atoms with Crippen molar-refractivity contribution < 1.29 is 0 Å². The summed E-state index contributed by atoms with van der Waals surface area (Å²) in [5, 5.41) is 6.48. The minimum atomic E-state index is 0.671. The number of hydrogen-bond acceptors (Lipinski definition) is 3. The molecule has 0 unspecified atom stereocenters. The van der Waals surface area contributed by atoms with Crippen molar-refractivity contribution in [1.29, 1.82) is 0 Å². The van der Waals surface area contributed by atoms with Crippen LogP contribution in [0, 0.1) is 0 Å². The molecule has 0 saturated carbocycles. The summed E-state index contributed by atoms with van der Waals surface area (Å²) in [5.41, 5.74) is 7.83. The Morgan fingerprint density at radius 2 is 2.50 bits per heavy atom. The van der Waals surface area contributed by atoms with Crippen LogP contribution in [-0.2, 0) is 13.5 Å². The highest BCUT2D eigenvalue weighted by molar-refractivity contribution is 7.17. The molecule has 64 valence electrons. The van der Waals surface area contributed by atoms with Gasteiger partial charge in [0.2, 0.25) is 0 Å². The van der Waals surface area contributed by atoms with Crippen LogP contribution in [0.5, 0.6) is 0 Å². The number of aryl methyl sites for hydroxylation is 1. The normalized spacial score (nSPS) is 11.2. The molecule has 0 aromatic carbocycles. The first-order valence-electron chi connectivity index (χ1n) is 3.92. The van der Waals surface area contributed by atoms with E-state index in [0.29, 0.717) is 6.54 Å². The van der Waals surface area contributed by atoms with Gasteiger partial charge in [0, 0.05) is 13.5 Å². The van der Waals surface area contributed by atoms with Crippen molar-refractivity contribution >= 4 is 21.6 Å². The summed E-state index contributed by atoms with van der Waals surface area (Å²) in [6, 6.07) is 2.09. The van der Waals surface area contributed by atoms with Crippen molar-refractivity contribution in [3.8, 4) is 0 Å². The van der Waals surface area contributed by atoms with Gasteiger partial charge in [-0.25, -0.2) is 0 Å². The monoisotopic (exact) mass is 181 g/mol. The van der Waals surface area contributed by atoms with Gasteiger partial charge in [-0.2, -0.15) is 5.10 Å². The number of fused-ring (bicyclic) bond motifs is 1. The molecule has 0 atom stereocenters. The number of nitrogens with two attached hydrogens (primary N) is 1. The molecule has 0 aliphatic carbocycles. The summed E-state index contributed by atoms with van der Waals surface area (Å²) in [4.78, 5) is 0. The standard InChI is InChI=1S/C8H11N3S/c1-11-7-3-5-12-8(7)6(10-11)2-4-9/h3,5H,2,4,9H2,1H3. The molecule has 0 amide bonds. The van der Waals surface area contributed by atoms with Gasteiger partial charge in [0.25, 0.3) is 0 Å². The van der Waals surface area contributed by atoms with E-state index in [1.54, 1.807) is 11.3 Å². The third-order valence-corrected chi connectivity index (χ3v) is 2.86. The van der Waals surface area contributed by atoms with Crippen LogP contribution in [0.2, 0.25) is 0 Å². The molecule has 2 heterocycles. The molecular weight excluding hydrogens is 170 g/mol. The van der Waals surface area contributed by atoms with E-state index in [9.17, 15) is 0 Å². The summed E-state index contributed by atoms with van der Waals surface area (Å²) >= 11 is 1.74. The lowest BCUT2D eigenvalue weighted by molar-refractivity contribution is 0.761. The lowest BCUT2D eigenvalue weighted by Crippen LogP contribution is -2.03. The van der Waals surface area contributed by atoms with Crippen molar-refractivity contribution in [3.63, 3.8) is 0 Å². The zero-order valence-corrected chi connectivity index (χ0v) is 7.77. The maximum atomic E-state index is 5.48. The molecular formula is C8H11N3S.